The molecule has 2 aliphatic heterocycles. The molecule has 0 bridgehead atoms. The summed E-state index contributed by atoms with van der Waals surface area (Å²) >= 11 is 0. The van der Waals surface area contributed by atoms with Gasteiger partial charge in [0.2, 0.25) is 15.9 Å². The Balaban J connectivity index is 1.29. The van der Waals surface area contributed by atoms with Crippen molar-refractivity contribution in [1.29, 1.82) is 0 Å². The molecular weight excluding hydrogens is 464 g/mol. The Labute approximate surface area is 205 Å². The maximum atomic E-state index is 12.9. The van der Waals surface area contributed by atoms with E-state index in [0.717, 1.165) is 60.4 Å². The molecule has 0 radical (unpaired) electrons. The zero-order valence-corrected chi connectivity index (χ0v) is 20.6. The molecule has 1 N–H and O–H groups in total. The van der Waals surface area contributed by atoms with Gasteiger partial charge in [-0.25, -0.2) is 13.4 Å². The molecule has 0 saturated carbocycles. The number of nitrogens with zero attached hydrogens (tertiary/aromatic N) is 3. The van der Waals surface area contributed by atoms with Gasteiger partial charge in [0.05, 0.1) is 23.4 Å². The molecule has 3 aromatic rings. The predicted octanol–water partition coefficient (Wildman–Crippen LogP) is 3.88. The van der Waals surface area contributed by atoms with Crippen LogP contribution in [0.3, 0.4) is 0 Å². The van der Waals surface area contributed by atoms with Crippen LogP contribution in [0.15, 0.2) is 59.5 Å². The second kappa shape index (κ2) is 9.83. The highest BCUT2D eigenvalue weighted by Gasteiger charge is 2.28. The number of rotatable bonds is 6. The van der Waals surface area contributed by atoms with E-state index in [1.165, 1.54) is 0 Å². The van der Waals surface area contributed by atoms with Gasteiger partial charge in [0.25, 0.3) is 0 Å². The van der Waals surface area contributed by atoms with Crippen LogP contribution in [0, 0.1) is 5.92 Å². The number of sulfonamides is 1. The topological polar surface area (TPSA) is 91.8 Å². The SMILES string of the molecule is COc1ccc(NC(=O)[C@@H]2CCCN(c3ccc4cc(S(=O)(=O)N5CCCC5)ccc4n3)C2)cc1. The van der Waals surface area contributed by atoms with Crippen LogP contribution in [0.5, 0.6) is 5.75 Å². The van der Waals surface area contributed by atoms with Crippen LogP contribution in [-0.4, -0.2) is 56.9 Å². The zero-order valence-electron chi connectivity index (χ0n) is 19.8. The molecule has 2 saturated heterocycles. The Morgan fingerprint density at radius 3 is 2.51 bits per heavy atom. The number of aromatic nitrogens is 1. The van der Waals surface area contributed by atoms with Gasteiger partial charge in [0.1, 0.15) is 11.6 Å². The largest absolute Gasteiger partial charge is 0.497 e. The Morgan fingerprint density at radius 2 is 1.77 bits per heavy atom. The van der Waals surface area contributed by atoms with Crippen LogP contribution in [0.1, 0.15) is 25.7 Å². The molecule has 1 atom stereocenters. The number of pyridine rings is 1. The Hall–Kier alpha value is -3.17. The van der Waals surface area contributed by atoms with E-state index in [-0.39, 0.29) is 11.8 Å². The van der Waals surface area contributed by atoms with Crippen molar-refractivity contribution in [1.82, 2.24) is 9.29 Å². The number of carbonyl (C=O) groups is 1. The lowest BCUT2D eigenvalue weighted by molar-refractivity contribution is -0.120. The minimum Gasteiger partial charge on any atom is -0.497 e. The molecule has 0 unspecified atom stereocenters. The van der Waals surface area contributed by atoms with E-state index in [9.17, 15) is 13.2 Å². The fourth-order valence-electron chi connectivity index (χ4n) is 4.82. The van der Waals surface area contributed by atoms with Crippen LogP contribution in [0.2, 0.25) is 0 Å². The van der Waals surface area contributed by atoms with Gasteiger partial charge in [-0.05, 0) is 80.3 Å². The molecule has 3 heterocycles. The second-order valence-corrected chi connectivity index (χ2v) is 11.1. The van der Waals surface area contributed by atoms with E-state index < -0.39 is 10.0 Å². The number of hydrogen-bond acceptors (Lipinski definition) is 6. The lowest BCUT2D eigenvalue weighted by Gasteiger charge is -2.33. The molecule has 0 spiro atoms. The summed E-state index contributed by atoms with van der Waals surface area (Å²) in [6, 6.07) is 16.3. The molecule has 184 valence electrons. The number of fused-ring (bicyclic) bond motifs is 1. The van der Waals surface area contributed by atoms with Crippen molar-refractivity contribution in [2.45, 2.75) is 30.6 Å². The quantitative estimate of drug-likeness (QED) is 0.559. The summed E-state index contributed by atoms with van der Waals surface area (Å²) in [6.07, 6.45) is 3.54. The summed E-state index contributed by atoms with van der Waals surface area (Å²) in [5.41, 5.74) is 1.49. The number of methoxy groups -OCH3 is 1. The van der Waals surface area contributed by atoms with E-state index in [2.05, 4.69) is 10.2 Å². The van der Waals surface area contributed by atoms with Crippen molar-refractivity contribution in [3.8, 4) is 5.75 Å². The van der Waals surface area contributed by atoms with Gasteiger partial charge in [0, 0.05) is 37.3 Å². The summed E-state index contributed by atoms with van der Waals surface area (Å²) in [7, 11) is -1.85. The third-order valence-electron chi connectivity index (χ3n) is 6.82. The Kier molecular flexibility index (Phi) is 6.62. The first-order valence-electron chi connectivity index (χ1n) is 12.0. The number of nitrogens with one attached hydrogen (secondary N) is 1. The summed E-state index contributed by atoms with van der Waals surface area (Å²) in [5.74, 6) is 1.40. The monoisotopic (exact) mass is 494 g/mol. The van der Waals surface area contributed by atoms with E-state index in [0.29, 0.717) is 24.5 Å². The molecule has 1 aromatic heterocycles. The van der Waals surface area contributed by atoms with Crippen molar-refractivity contribution < 1.29 is 17.9 Å². The van der Waals surface area contributed by atoms with Crippen LogP contribution in [0.4, 0.5) is 11.5 Å². The summed E-state index contributed by atoms with van der Waals surface area (Å²) < 4.78 is 32.5. The molecule has 5 rings (SSSR count). The highest BCUT2D eigenvalue weighted by molar-refractivity contribution is 7.89. The summed E-state index contributed by atoms with van der Waals surface area (Å²) in [5, 5.41) is 3.80. The van der Waals surface area contributed by atoms with Crippen LogP contribution < -0.4 is 15.0 Å². The summed E-state index contributed by atoms with van der Waals surface area (Å²) in [4.78, 5) is 20.1. The van der Waals surface area contributed by atoms with Crippen molar-refractivity contribution in [3.63, 3.8) is 0 Å². The minimum atomic E-state index is -3.46. The highest BCUT2D eigenvalue weighted by atomic mass is 32.2. The number of ether oxygens (including phenoxy) is 1. The maximum Gasteiger partial charge on any atom is 0.243 e. The van der Waals surface area contributed by atoms with Crippen molar-refractivity contribution in [3.05, 3.63) is 54.6 Å². The number of amides is 1. The molecule has 8 nitrogen and oxygen atoms in total. The average molecular weight is 495 g/mol. The third-order valence-corrected chi connectivity index (χ3v) is 8.72. The van der Waals surface area contributed by atoms with E-state index in [1.807, 2.05) is 36.4 Å². The standard InChI is InChI=1S/C26H30N4O4S/c1-34-22-9-7-21(8-10-22)27-26(31)20-5-4-14-29(18-20)25-13-6-19-17-23(11-12-24(19)28-25)35(32,33)30-15-2-3-16-30/h6-13,17,20H,2-5,14-16,18H2,1H3,(H,27,31)/t20-/m1/s1. The van der Waals surface area contributed by atoms with Gasteiger partial charge < -0.3 is 15.0 Å². The first-order valence-corrected chi connectivity index (χ1v) is 13.5. The molecule has 35 heavy (non-hydrogen) atoms. The molecule has 2 aliphatic rings. The molecular formula is C26H30N4O4S. The first-order chi connectivity index (χ1) is 16.9. The maximum absolute atomic E-state index is 12.9. The number of carbonyl (C=O) groups excluding carboxylic acids is 1. The van der Waals surface area contributed by atoms with Gasteiger partial charge >= 0.3 is 0 Å². The number of benzene rings is 2. The fraction of sp³-hybridized carbons (Fsp3) is 0.385. The van der Waals surface area contributed by atoms with Crippen LogP contribution in [-0.2, 0) is 14.8 Å². The van der Waals surface area contributed by atoms with E-state index in [1.54, 1.807) is 29.6 Å². The molecule has 0 aliphatic carbocycles. The van der Waals surface area contributed by atoms with Gasteiger partial charge in [0.15, 0.2) is 0 Å². The zero-order chi connectivity index (χ0) is 24.4. The lowest BCUT2D eigenvalue weighted by atomic mass is 9.97. The third kappa shape index (κ3) is 4.97. The van der Waals surface area contributed by atoms with Gasteiger partial charge in [-0.2, -0.15) is 4.31 Å². The van der Waals surface area contributed by atoms with Gasteiger partial charge in [-0.1, -0.05) is 0 Å². The highest BCUT2D eigenvalue weighted by Crippen LogP contribution is 2.28. The smallest absolute Gasteiger partial charge is 0.243 e. The fourth-order valence-corrected chi connectivity index (χ4v) is 6.38. The van der Waals surface area contributed by atoms with Gasteiger partial charge in [-0.15, -0.1) is 0 Å². The molecule has 9 heteroatoms. The Bertz CT molecular complexity index is 1320. The second-order valence-electron chi connectivity index (χ2n) is 9.14. The number of hydrogen-bond donors (Lipinski definition) is 1. The number of anilines is 2. The van der Waals surface area contributed by atoms with E-state index in [4.69, 9.17) is 9.72 Å². The van der Waals surface area contributed by atoms with Crippen molar-refractivity contribution >= 4 is 38.3 Å². The van der Waals surface area contributed by atoms with E-state index >= 15 is 0 Å². The first kappa shape index (κ1) is 23.6. The Morgan fingerprint density at radius 1 is 1.00 bits per heavy atom. The summed E-state index contributed by atoms with van der Waals surface area (Å²) in [6.45, 7) is 2.58. The normalized spacial score (nSPS) is 19.1. The molecule has 2 fully saturated rings. The van der Waals surface area contributed by atoms with Crippen molar-refractivity contribution in [2.75, 3.05) is 43.5 Å². The van der Waals surface area contributed by atoms with Gasteiger partial charge in [-0.3, -0.25) is 4.79 Å². The van der Waals surface area contributed by atoms with Crippen LogP contribution >= 0.6 is 0 Å². The molecule has 1 amide bonds. The average Bonchev–Trinajstić information content (AvgIpc) is 3.45. The van der Waals surface area contributed by atoms with Crippen molar-refractivity contribution in [2.24, 2.45) is 5.92 Å². The van der Waals surface area contributed by atoms with Crippen LogP contribution in [0.25, 0.3) is 10.9 Å². The molecule has 2 aromatic carbocycles. The predicted molar refractivity (Wildman–Crippen MR) is 136 cm³/mol. The minimum absolute atomic E-state index is 0.00239. The lowest BCUT2D eigenvalue weighted by Crippen LogP contribution is -2.41. The number of piperidine rings is 1.